The van der Waals surface area contributed by atoms with Gasteiger partial charge in [0.05, 0.1) is 10.2 Å². The summed E-state index contributed by atoms with van der Waals surface area (Å²) < 4.78 is 0.854. The van der Waals surface area contributed by atoms with Gasteiger partial charge in [-0.25, -0.2) is 4.98 Å². The van der Waals surface area contributed by atoms with Crippen LogP contribution in [-0.2, 0) is 9.59 Å². The summed E-state index contributed by atoms with van der Waals surface area (Å²) in [6, 6.07) is 3.58. The smallest absolute Gasteiger partial charge is 0.233 e. The van der Waals surface area contributed by atoms with Gasteiger partial charge in [-0.15, -0.1) is 0 Å². The predicted molar refractivity (Wildman–Crippen MR) is 91.8 cm³/mol. The molecule has 6 heteroatoms. The number of halogens is 2. The number of carbonyl (C=O) groups excluding carboxylic acids is 2. The number of pyridine rings is 1. The van der Waals surface area contributed by atoms with Gasteiger partial charge in [-0.1, -0.05) is 36.7 Å². The van der Waals surface area contributed by atoms with Gasteiger partial charge in [-0.3, -0.25) is 9.59 Å². The van der Waals surface area contributed by atoms with Crippen LogP contribution in [0.1, 0.15) is 33.6 Å². The van der Waals surface area contributed by atoms with Gasteiger partial charge >= 0.3 is 0 Å². The van der Waals surface area contributed by atoms with Crippen LogP contribution in [0.15, 0.2) is 22.8 Å². The Balaban J connectivity index is 1.97. The normalized spacial score (nSPS) is 35.7. The Morgan fingerprint density at radius 3 is 2.50 bits per heavy atom. The monoisotopic (exact) mass is 428 g/mol. The highest BCUT2D eigenvalue weighted by molar-refractivity contribution is 9.10. The number of carbonyl (C=O) groups is 2. The van der Waals surface area contributed by atoms with Gasteiger partial charge in [0, 0.05) is 16.1 Å². The Bertz CT molecular complexity index is 659. The van der Waals surface area contributed by atoms with E-state index >= 15 is 0 Å². The van der Waals surface area contributed by atoms with E-state index in [-0.39, 0.29) is 11.7 Å². The largest absolute Gasteiger partial charge is 0.310 e. The van der Waals surface area contributed by atoms with Gasteiger partial charge in [0.25, 0.3) is 0 Å². The number of nitrogens with zero attached hydrogens (tertiary/aromatic N) is 1. The van der Waals surface area contributed by atoms with Crippen molar-refractivity contribution in [3.05, 3.63) is 22.8 Å². The Morgan fingerprint density at radius 1 is 1.32 bits per heavy atom. The van der Waals surface area contributed by atoms with E-state index in [0.29, 0.717) is 12.2 Å². The highest BCUT2D eigenvalue weighted by atomic mass is 79.9. The molecule has 0 aliphatic heterocycles. The summed E-state index contributed by atoms with van der Waals surface area (Å²) >= 11 is 6.84. The Hall–Kier alpha value is -0.750. The van der Waals surface area contributed by atoms with Crippen LogP contribution in [0.25, 0.3) is 0 Å². The number of fused-ring (bicyclic) bond motifs is 2. The van der Waals surface area contributed by atoms with Crippen LogP contribution < -0.4 is 5.32 Å². The van der Waals surface area contributed by atoms with Crippen LogP contribution >= 0.6 is 31.9 Å². The number of hydrogen-bond acceptors (Lipinski definition) is 3. The standard InChI is InChI=1S/C16H18Br2N2O2/c1-14(2)15(3)6-7-16(14,11(18)12(15)21)13(22)20-10-5-4-9(17)8-19-10/h4-5,8,11H,6-7H2,1-3H3,(H,19,20,22)/t11-,15+,16-/m0/s1. The molecule has 0 aromatic carbocycles. The van der Waals surface area contributed by atoms with E-state index in [1.54, 1.807) is 12.3 Å². The zero-order valence-electron chi connectivity index (χ0n) is 12.7. The molecule has 0 saturated heterocycles. The Labute approximate surface area is 146 Å². The number of hydrogen-bond donors (Lipinski definition) is 1. The van der Waals surface area contributed by atoms with Crippen LogP contribution in [0.5, 0.6) is 0 Å². The first kappa shape index (κ1) is 16.1. The quantitative estimate of drug-likeness (QED) is 0.724. The molecule has 1 aromatic rings. The van der Waals surface area contributed by atoms with Crippen molar-refractivity contribution < 1.29 is 9.59 Å². The summed E-state index contributed by atoms with van der Waals surface area (Å²) in [4.78, 5) is 29.5. The second-order valence-electron chi connectivity index (χ2n) is 6.97. The lowest BCUT2D eigenvalue weighted by Crippen LogP contribution is -2.48. The average Bonchev–Trinajstić information content (AvgIpc) is 2.74. The number of anilines is 1. The summed E-state index contributed by atoms with van der Waals surface area (Å²) in [5.41, 5.74) is -1.58. The van der Waals surface area contributed by atoms with Crippen molar-refractivity contribution in [3.8, 4) is 0 Å². The van der Waals surface area contributed by atoms with Gasteiger partial charge in [0.1, 0.15) is 5.82 Å². The summed E-state index contributed by atoms with van der Waals surface area (Å²) in [6.07, 6.45) is 3.10. The molecule has 22 heavy (non-hydrogen) atoms. The van der Waals surface area contributed by atoms with Crippen molar-refractivity contribution in [2.75, 3.05) is 5.32 Å². The molecule has 4 nitrogen and oxygen atoms in total. The number of Topliss-reactive ketones (excluding diaryl/α,β-unsaturated/α-hetero) is 1. The molecular formula is C16H18Br2N2O2. The lowest BCUT2D eigenvalue weighted by atomic mass is 9.64. The number of aromatic nitrogens is 1. The molecular weight excluding hydrogens is 412 g/mol. The maximum absolute atomic E-state index is 13.0. The van der Waals surface area contributed by atoms with E-state index in [9.17, 15) is 9.59 Å². The minimum absolute atomic E-state index is 0.122. The third-order valence-electron chi connectivity index (χ3n) is 6.09. The average molecular weight is 430 g/mol. The van der Waals surface area contributed by atoms with E-state index in [4.69, 9.17) is 0 Å². The van der Waals surface area contributed by atoms with Gasteiger partial charge in [-0.05, 0) is 46.3 Å². The highest BCUT2D eigenvalue weighted by Crippen LogP contribution is 2.72. The van der Waals surface area contributed by atoms with Crippen LogP contribution in [0.2, 0.25) is 0 Å². The molecule has 1 aromatic heterocycles. The van der Waals surface area contributed by atoms with Crippen LogP contribution in [0, 0.1) is 16.2 Å². The molecule has 3 rings (SSSR count). The maximum atomic E-state index is 13.0. The molecule has 3 atom stereocenters. The number of ketones is 1. The highest BCUT2D eigenvalue weighted by Gasteiger charge is 2.76. The van der Waals surface area contributed by atoms with Gasteiger partial charge in [-0.2, -0.15) is 0 Å². The maximum Gasteiger partial charge on any atom is 0.233 e. The number of rotatable bonds is 2. The topological polar surface area (TPSA) is 59.1 Å². The van der Waals surface area contributed by atoms with E-state index in [1.807, 2.05) is 26.8 Å². The third kappa shape index (κ3) is 1.77. The van der Waals surface area contributed by atoms with Gasteiger partial charge < -0.3 is 5.32 Å². The fraction of sp³-hybridized carbons (Fsp3) is 0.562. The number of nitrogens with one attached hydrogen (secondary N) is 1. The van der Waals surface area contributed by atoms with E-state index in [2.05, 4.69) is 42.2 Å². The molecule has 0 spiro atoms. The number of amides is 1. The molecule has 2 bridgehead atoms. The molecule has 2 fully saturated rings. The summed E-state index contributed by atoms with van der Waals surface area (Å²) in [7, 11) is 0. The summed E-state index contributed by atoms with van der Waals surface area (Å²) in [6.45, 7) is 6.06. The predicted octanol–water partition coefficient (Wildman–Crippen LogP) is 3.94. The lowest BCUT2D eigenvalue weighted by Gasteiger charge is -2.39. The first-order valence-electron chi connectivity index (χ1n) is 7.28. The third-order valence-corrected chi connectivity index (χ3v) is 7.76. The zero-order chi connectivity index (χ0) is 16.3. The first-order valence-corrected chi connectivity index (χ1v) is 8.99. The minimum Gasteiger partial charge on any atom is -0.310 e. The van der Waals surface area contributed by atoms with Crippen molar-refractivity contribution >= 4 is 49.4 Å². The van der Waals surface area contributed by atoms with Gasteiger partial charge in [0.15, 0.2) is 5.78 Å². The molecule has 0 radical (unpaired) electrons. The first-order chi connectivity index (χ1) is 10.2. The van der Waals surface area contributed by atoms with E-state index in [0.717, 1.165) is 10.9 Å². The van der Waals surface area contributed by atoms with Crippen LogP contribution in [0.3, 0.4) is 0 Å². The van der Waals surface area contributed by atoms with E-state index in [1.165, 1.54) is 0 Å². The Kier molecular flexibility index (Phi) is 3.57. The minimum atomic E-state index is -0.729. The molecule has 1 amide bonds. The Morgan fingerprint density at radius 2 is 2.00 bits per heavy atom. The van der Waals surface area contributed by atoms with Gasteiger partial charge in [0.2, 0.25) is 5.91 Å². The van der Waals surface area contributed by atoms with Crippen molar-refractivity contribution in [2.45, 2.75) is 38.4 Å². The fourth-order valence-corrected chi connectivity index (χ4v) is 5.88. The molecule has 1 N–H and O–H groups in total. The second-order valence-corrected chi connectivity index (χ2v) is 8.80. The fourth-order valence-electron chi connectivity index (χ4n) is 4.13. The number of alkyl halides is 1. The second kappa shape index (κ2) is 4.87. The van der Waals surface area contributed by atoms with Crippen molar-refractivity contribution in [3.63, 3.8) is 0 Å². The van der Waals surface area contributed by atoms with Crippen molar-refractivity contribution in [1.82, 2.24) is 4.98 Å². The molecule has 118 valence electrons. The molecule has 2 aliphatic rings. The SMILES string of the molecule is CC1(C)[C@]2(C)CC[C@@]1(C(=O)Nc1ccc(Br)cn1)[C@@H](Br)C2=O. The molecule has 0 unspecified atom stereocenters. The molecule has 1 heterocycles. The molecule has 2 saturated carbocycles. The zero-order valence-corrected chi connectivity index (χ0v) is 15.9. The molecule has 2 aliphatic carbocycles. The van der Waals surface area contributed by atoms with Crippen molar-refractivity contribution in [1.29, 1.82) is 0 Å². The van der Waals surface area contributed by atoms with Crippen molar-refractivity contribution in [2.24, 2.45) is 16.2 Å². The lowest BCUT2D eigenvalue weighted by molar-refractivity contribution is -0.130. The summed E-state index contributed by atoms with van der Waals surface area (Å²) in [5, 5.41) is 2.90. The van der Waals surface area contributed by atoms with E-state index < -0.39 is 21.1 Å². The van der Waals surface area contributed by atoms with Crippen LogP contribution in [0.4, 0.5) is 5.82 Å². The summed E-state index contributed by atoms with van der Waals surface area (Å²) in [5.74, 6) is 0.525. The van der Waals surface area contributed by atoms with Crippen LogP contribution in [-0.4, -0.2) is 21.5 Å².